The maximum Gasteiger partial charge on any atom is 0.335 e. The van der Waals surface area contributed by atoms with Crippen LogP contribution in [0.15, 0.2) is 27.6 Å². The van der Waals surface area contributed by atoms with E-state index in [0.717, 1.165) is 24.8 Å². The van der Waals surface area contributed by atoms with Gasteiger partial charge in [-0.2, -0.15) is 0 Å². The van der Waals surface area contributed by atoms with Gasteiger partial charge in [0.1, 0.15) is 6.10 Å². The Hall–Kier alpha value is -1.50. The van der Waals surface area contributed by atoms with Crippen LogP contribution in [0.25, 0.3) is 0 Å². The molecule has 3 N–H and O–H groups in total. The number of aliphatic hydroxyl groups excluding tert-OH is 2. The molecule has 0 aliphatic heterocycles. The lowest BCUT2D eigenvalue weighted by Gasteiger charge is -2.63. The zero-order chi connectivity index (χ0) is 21.5. The molecule has 0 amide bonds. The lowest BCUT2D eigenvalue weighted by Crippen LogP contribution is -2.70. The van der Waals surface area contributed by atoms with Gasteiger partial charge in [-0.15, -0.1) is 0 Å². The van der Waals surface area contributed by atoms with Crippen LogP contribution in [0.5, 0.6) is 0 Å². The van der Waals surface area contributed by atoms with Crippen LogP contribution < -0.4 is 5.63 Å². The van der Waals surface area contributed by atoms with E-state index in [4.69, 9.17) is 4.42 Å². The van der Waals surface area contributed by atoms with Crippen LogP contribution in [0.3, 0.4) is 0 Å². The predicted octanol–water partition coefficient (Wildman–Crippen LogP) is 2.39. The van der Waals surface area contributed by atoms with Crippen molar-refractivity contribution in [3.63, 3.8) is 0 Å². The number of Topliss-reactive ketones (excluding diaryl/α,β-unsaturated/α-hetero) is 1. The molecule has 6 heteroatoms. The number of ketones is 1. The van der Waals surface area contributed by atoms with E-state index in [-0.39, 0.29) is 41.0 Å². The van der Waals surface area contributed by atoms with Crippen molar-refractivity contribution >= 4 is 5.78 Å². The van der Waals surface area contributed by atoms with E-state index in [9.17, 15) is 24.9 Å². The Morgan fingerprint density at radius 2 is 1.80 bits per heavy atom. The lowest BCUT2D eigenvalue weighted by atomic mass is 9.42. The number of hydrogen-bond acceptors (Lipinski definition) is 6. The molecular weight excluding hydrogens is 384 g/mol. The van der Waals surface area contributed by atoms with Gasteiger partial charge in [0, 0.05) is 17.4 Å². The highest BCUT2D eigenvalue weighted by Crippen LogP contribution is 2.69. The maximum atomic E-state index is 13.7. The van der Waals surface area contributed by atoms with Crippen LogP contribution in [-0.2, 0) is 4.79 Å². The van der Waals surface area contributed by atoms with Gasteiger partial charge in [0.15, 0.2) is 5.78 Å². The second-order valence-electron chi connectivity index (χ2n) is 10.8. The van der Waals surface area contributed by atoms with E-state index in [1.165, 1.54) is 12.3 Å². The molecule has 164 valence electrons. The largest absolute Gasteiger partial charge is 0.431 e. The molecular formula is C24H32O6. The molecule has 0 spiro atoms. The van der Waals surface area contributed by atoms with Crippen molar-refractivity contribution in [2.24, 2.45) is 28.6 Å². The molecule has 4 aliphatic carbocycles. The fourth-order valence-corrected chi connectivity index (χ4v) is 8.09. The minimum absolute atomic E-state index is 0.153. The molecule has 0 aromatic carbocycles. The van der Waals surface area contributed by atoms with Crippen LogP contribution in [0.4, 0.5) is 0 Å². The monoisotopic (exact) mass is 416 g/mol. The van der Waals surface area contributed by atoms with Crippen LogP contribution in [0.2, 0.25) is 0 Å². The van der Waals surface area contributed by atoms with E-state index >= 15 is 0 Å². The van der Waals surface area contributed by atoms with Crippen molar-refractivity contribution in [2.45, 2.75) is 82.5 Å². The minimum Gasteiger partial charge on any atom is -0.431 e. The van der Waals surface area contributed by atoms with E-state index in [1.807, 2.05) is 6.92 Å². The Morgan fingerprint density at radius 3 is 2.50 bits per heavy atom. The molecule has 1 aromatic heterocycles. The zero-order valence-electron chi connectivity index (χ0n) is 17.7. The number of aliphatic hydroxyl groups is 3. The highest BCUT2D eigenvalue weighted by atomic mass is 16.4. The molecule has 4 aliphatic rings. The van der Waals surface area contributed by atoms with Gasteiger partial charge in [-0.1, -0.05) is 13.8 Å². The summed E-state index contributed by atoms with van der Waals surface area (Å²) in [6, 6.07) is 3.05. The summed E-state index contributed by atoms with van der Waals surface area (Å²) in [6.45, 7) is 3.98. The zero-order valence-corrected chi connectivity index (χ0v) is 17.7. The van der Waals surface area contributed by atoms with Crippen molar-refractivity contribution in [1.82, 2.24) is 0 Å². The molecule has 3 unspecified atom stereocenters. The summed E-state index contributed by atoms with van der Waals surface area (Å²) < 4.78 is 5.07. The standard InChI is InChI=1S/C24H32O6/c1-22-9-7-15(25)11-14(22)4-5-17-19(22)20(27)21(28)23(2)16(8-10-24(17,23)29)13-3-6-18(26)30-12-13/h3,6,12,14-17,19,21,25,28-29H,4-5,7-11H2,1-2H3/t14-,15?,16-,17?,19-,21?,22+,23+,24+/m1/s1. The van der Waals surface area contributed by atoms with Gasteiger partial charge in [0.2, 0.25) is 0 Å². The first kappa shape index (κ1) is 20.4. The van der Waals surface area contributed by atoms with Crippen molar-refractivity contribution in [1.29, 1.82) is 0 Å². The van der Waals surface area contributed by atoms with E-state index < -0.39 is 22.7 Å². The van der Waals surface area contributed by atoms with Gasteiger partial charge in [-0.25, -0.2) is 4.79 Å². The first-order chi connectivity index (χ1) is 14.1. The second-order valence-corrected chi connectivity index (χ2v) is 10.8. The first-order valence-corrected chi connectivity index (χ1v) is 11.3. The molecule has 1 heterocycles. The van der Waals surface area contributed by atoms with E-state index in [1.54, 1.807) is 6.07 Å². The lowest BCUT2D eigenvalue weighted by molar-refractivity contribution is -0.230. The van der Waals surface area contributed by atoms with E-state index in [0.29, 0.717) is 25.7 Å². The number of hydrogen-bond donors (Lipinski definition) is 3. The topological polar surface area (TPSA) is 108 Å². The smallest absolute Gasteiger partial charge is 0.335 e. The van der Waals surface area contributed by atoms with Crippen LogP contribution in [-0.4, -0.2) is 38.9 Å². The Bertz CT molecular complexity index is 904. The molecule has 0 saturated heterocycles. The second kappa shape index (κ2) is 6.50. The highest BCUT2D eigenvalue weighted by Gasteiger charge is 2.73. The van der Waals surface area contributed by atoms with Crippen molar-refractivity contribution in [3.8, 4) is 0 Å². The van der Waals surface area contributed by atoms with Crippen molar-refractivity contribution in [3.05, 3.63) is 34.4 Å². The van der Waals surface area contributed by atoms with Gasteiger partial charge in [-0.05, 0) is 79.7 Å². The minimum atomic E-state index is -1.27. The third-order valence-electron chi connectivity index (χ3n) is 9.80. The Kier molecular flexibility index (Phi) is 4.42. The SMILES string of the molecule is C[C@]12CCC(O)C[C@H]1CCC1[C@@H]2C(=O)C(O)[C@]2(C)[C@@H](c3ccc(=O)oc3)CC[C@]12O. The summed E-state index contributed by atoms with van der Waals surface area (Å²) in [5.74, 6) is -0.752. The molecule has 5 rings (SSSR count). The molecule has 30 heavy (non-hydrogen) atoms. The summed E-state index contributed by atoms with van der Waals surface area (Å²) in [5.41, 5.74) is -2.17. The van der Waals surface area contributed by atoms with E-state index in [2.05, 4.69) is 6.92 Å². The van der Waals surface area contributed by atoms with Gasteiger partial charge in [0.05, 0.1) is 18.0 Å². The average molecular weight is 417 g/mol. The van der Waals surface area contributed by atoms with Crippen molar-refractivity contribution in [2.75, 3.05) is 0 Å². The van der Waals surface area contributed by atoms with Crippen LogP contribution >= 0.6 is 0 Å². The maximum absolute atomic E-state index is 13.7. The van der Waals surface area contributed by atoms with Gasteiger partial charge in [-0.3, -0.25) is 4.79 Å². The normalized spacial score (nSPS) is 50.5. The number of rotatable bonds is 1. The number of carbonyl (C=O) groups is 1. The molecule has 1 aromatic rings. The highest BCUT2D eigenvalue weighted by molar-refractivity contribution is 5.89. The Morgan fingerprint density at radius 1 is 1.03 bits per heavy atom. The first-order valence-electron chi connectivity index (χ1n) is 11.3. The molecule has 4 fully saturated rings. The van der Waals surface area contributed by atoms with Gasteiger partial charge < -0.3 is 19.7 Å². The van der Waals surface area contributed by atoms with Gasteiger partial charge in [0.25, 0.3) is 0 Å². The number of fused-ring (bicyclic) bond motifs is 5. The summed E-state index contributed by atoms with van der Waals surface area (Å²) in [6.07, 6.45) is 4.71. The number of carbonyl (C=O) groups excluding carboxylic acids is 1. The predicted molar refractivity (Wildman–Crippen MR) is 109 cm³/mol. The third kappa shape index (κ3) is 2.41. The van der Waals surface area contributed by atoms with Crippen LogP contribution in [0, 0.1) is 28.6 Å². The molecule has 6 nitrogen and oxygen atoms in total. The molecule has 4 saturated carbocycles. The third-order valence-corrected chi connectivity index (χ3v) is 9.80. The fourth-order valence-electron chi connectivity index (χ4n) is 8.09. The summed E-state index contributed by atoms with van der Waals surface area (Å²) >= 11 is 0. The van der Waals surface area contributed by atoms with Gasteiger partial charge >= 0.3 is 5.63 Å². The Labute approximate surface area is 176 Å². The van der Waals surface area contributed by atoms with Crippen molar-refractivity contribution < 1.29 is 24.5 Å². The fraction of sp³-hybridized carbons (Fsp3) is 0.750. The van der Waals surface area contributed by atoms with Crippen LogP contribution in [0.1, 0.15) is 70.3 Å². The summed E-state index contributed by atoms with van der Waals surface area (Å²) in [4.78, 5) is 25.1. The average Bonchev–Trinajstić information content (AvgIpc) is 3.00. The molecule has 0 bridgehead atoms. The summed E-state index contributed by atoms with van der Waals surface area (Å²) in [7, 11) is 0. The Balaban J connectivity index is 1.58. The molecule has 0 radical (unpaired) electrons. The summed E-state index contributed by atoms with van der Waals surface area (Å²) in [5, 5.41) is 33.7. The molecule has 9 atom stereocenters. The quantitative estimate of drug-likeness (QED) is 0.649.